The first-order valence-electron chi connectivity index (χ1n) is 8.17. The zero-order valence-electron chi connectivity index (χ0n) is 14.0. The van der Waals surface area contributed by atoms with Gasteiger partial charge < -0.3 is 10.1 Å². The van der Waals surface area contributed by atoms with E-state index in [0.717, 1.165) is 18.6 Å². The highest BCUT2D eigenvalue weighted by Crippen LogP contribution is 2.30. The third-order valence-electron chi connectivity index (χ3n) is 4.21. The molecule has 132 valence electrons. The Labute approximate surface area is 151 Å². The van der Waals surface area contributed by atoms with Crippen LogP contribution in [0.4, 0.5) is 10.1 Å². The molecule has 0 saturated heterocycles. The highest BCUT2D eigenvalue weighted by atomic mass is 35.5. The van der Waals surface area contributed by atoms with Crippen LogP contribution in [0.2, 0.25) is 5.02 Å². The van der Waals surface area contributed by atoms with Gasteiger partial charge in [-0.3, -0.25) is 9.69 Å². The molecule has 1 amide bonds. The topological polar surface area (TPSA) is 41.6 Å². The van der Waals surface area contributed by atoms with Crippen molar-refractivity contribution in [1.82, 2.24) is 4.90 Å². The predicted octanol–water partition coefficient (Wildman–Crippen LogP) is 4.09. The van der Waals surface area contributed by atoms with Gasteiger partial charge in [0.1, 0.15) is 11.6 Å². The third kappa shape index (κ3) is 4.71. The van der Waals surface area contributed by atoms with Crippen LogP contribution in [0.25, 0.3) is 0 Å². The van der Waals surface area contributed by atoms with Gasteiger partial charge in [0.2, 0.25) is 5.91 Å². The van der Waals surface area contributed by atoms with Crippen LogP contribution < -0.4 is 10.1 Å². The van der Waals surface area contributed by atoms with Crippen LogP contribution in [0.1, 0.15) is 18.4 Å². The predicted molar refractivity (Wildman–Crippen MR) is 96.5 cm³/mol. The number of anilines is 1. The lowest BCUT2D eigenvalue weighted by Gasteiger charge is -2.22. The molecule has 0 aliphatic heterocycles. The molecule has 2 aromatic rings. The van der Waals surface area contributed by atoms with E-state index >= 15 is 0 Å². The molecule has 1 N–H and O–H groups in total. The van der Waals surface area contributed by atoms with Crippen LogP contribution in [0.5, 0.6) is 5.75 Å². The summed E-state index contributed by atoms with van der Waals surface area (Å²) in [7, 11) is 1.59. The van der Waals surface area contributed by atoms with Gasteiger partial charge in [-0.2, -0.15) is 0 Å². The van der Waals surface area contributed by atoms with Gasteiger partial charge >= 0.3 is 0 Å². The van der Waals surface area contributed by atoms with Crippen molar-refractivity contribution in [2.24, 2.45) is 0 Å². The number of hydrogen-bond acceptors (Lipinski definition) is 3. The van der Waals surface area contributed by atoms with Gasteiger partial charge in [0.05, 0.1) is 13.7 Å². The molecule has 1 saturated carbocycles. The van der Waals surface area contributed by atoms with Gasteiger partial charge in [0, 0.05) is 28.9 Å². The minimum absolute atomic E-state index is 0.135. The van der Waals surface area contributed by atoms with Crippen LogP contribution in [0.15, 0.2) is 42.5 Å². The Bertz CT molecular complexity index is 727. The van der Waals surface area contributed by atoms with Crippen LogP contribution >= 0.6 is 11.6 Å². The number of carbonyl (C=O) groups is 1. The van der Waals surface area contributed by atoms with E-state index in [2.05, 4.69) is 5.32 Å². The van der Waals surface area contributed by atoms with Crippen LogP contribution in [0, 0.1) is 5.82 Å². The van der Waals surface area contributed by atoms with Gasteiger partial charge in [-0.1, -0.05) is 17.7 Å². The van der Waals surface area contributed by atoms with Crippen molar-refractivity contribution in [3.63, 3.8) is 0 Å². The number of carbonyl (C=O) groups excluding carboxylic acids is 1. The van der Waals surface area contributed by atoms with Crippen molar-refractivity contribution in [2.75, 3.05) is 19.0 Å². The third-order valence-corrected chi connectivity index (χ3v) is 4.56. The number of ether oxygens (including phenoxy) is 1. The number of hydrogen-bond donors (Lipinski definition) is 1. The van der Waals surface area contributed by atoms with Crippen LogP contribution in [-0.2, 0) is 11.3 Å². The van der Waals surface area contributed by atoms with E-state index < -0.39 is 0 Å². The highest BCUT2D eigenvalue weighted by molar-refractivity contribution is 6.31. The van der Waals surface area contributed by atoms with E-state index in [-0.39, 0.29) is 18.3 Å². The number of rotatable bonds is 7. The van der Waals surface area contributed by atoms with E-state index in [1.54, 1.807) is 43.5 Å². The summed E-state index contributed by atoms with van der Waals surface area (Å²) in [4.78, 5) is 14.3. The molecule has 0 bridgehead atoms. The number of nitrogens with one attached hydrogen (secondary N) is 1. The van der Waals surface area contributed by atoms with Crippen molar-refractivity contribution in [1.29, 1.82) is 0 Å². The minimum Gasteiger partial charge on any atom is -0.497 e. The average molecular weight is 363 g/mol. The molecule has 0 heterocycles. The standard InChI is InChI=1S/C19H20ClFN2O2/c1-25-15-9-5-13(6-10-15)22-19(24)12-23(14-7-8-14)11-16-17(20)3-2-4-18(16)21/h2-6,9-10,14H,7-8,11-12H2,1H3,(H,22,24). The summed E-state index contributed by atoms with van der Waals surface area (Å²) in [6.07, 6.45) is 2.03. The molecule has 0 radical (unpaired) electrons. The fourth-order valence-corrected chi connectivity index (χ4v) is 2.92. The lowest BCUT2D eigenvalue weighted by molar-refractivity contribution is -0.117. The first-order valence-corrected chi connectivity index (χ1v) is 8.55. The maximum absolute atomic E-state index is 14.0. The molecule has 1 aliphatic carbocycles. The smallest absolute Gasteiger partial charge is 0.238 e. The Morgan fingerprint density at radius 2 is 2.00 bits per heavy atom. The monoisotopic (exact) mass is 362 g/mol. The molecular formula is C19H20ClFN2O2. The Kier molecular flexibility index (Phi) is 5.56. The summed E-state index contributed by atoms with van der Waals surface area (Å²) in [5.74, 6) is 0.255. The number of nitrogens with zero attached hydrogens (tertiary/aromatic N) is 1. The molecule has 1 aliphatic rings. The molecule has 1 fully saturated rings. The Morgan fingerprint density at radius 3 is 2.60 bits per heavy atom. The van der Waals surface area contributed by atoms with Crippen molar-refractivity contribution in [2.45, 2.75) is 25.4 Å². The molecule has 25 heavy (non-hydrogen) atoms. The normalized spacial score (nSPS) is 13.8. The van der Waals surface area contributed by atoms with E-state index in [9.17, 15) is 9.18 Å². The van der Waals surface area contributed by atoms with E-state index in [0.29, 0.717) is 28.9 Å². The Hall–Kier alpha value is -2.11. The van der Waals surface area contributed by atoms with E-state index in [1.165, 1.54) is 6.07 Å². The van der Waals surface area contributed by atoms with Crippen molar-refractivity contribution in [3.05, 3.63) is 58.9 Å². The van der Waals surface area contributed by atoms with Crippen molar-refractivity contribution in [3.8, 4) is 5.75 Å². The molecule has 6 heteroatoms. The molecule has 2 aromatic carbocycles. The summed E-state index contributed by atoms with van der Waals surface area (Å²) in [6, 6.07) is 12.1. The first kappa shape index (κ1) is 17.7. The van der Waals surface area contributed by atoms with Gasteiger partial charge in [-0.25, -0.2) is 4.39 Å². The summed E-state index contributed by atoms with van der Waals surface area (Å²) >= 11 is 6.11. The van der Waals surface area contributed by atoms with Crippen LogP contribution in [-0.4, -0.2) is 30.5 Å². The molecule has 4 nitrogen and oxygen atoms in total. The van der Waals surface area contributed by atoms with Gasteiger partial charge in [0.25, 0.3) is 0 Å². The number of methoxy groups -OCH3 is 1. The van der Waals surface area contributed by atoms with Gasteiger partial charge in [-0.15, -0.1) is 0 Å². The maximum atomic E-state index is 14.0. The molecule has 0 unspecified atom stereocenters. The lowest BCUT2D eigenvalue weighted by Crippen LogP contribution is -2.34. The van der Waals surface area contributed by atoms with Crippen molar-refractivity contribution < 1.29 is 13.9 Å². The number of halogens is 2. The molecule has 3 rings (SSSR count). The second-order valence-electron chi connectivity index (χ2n) is 6.11. The number of amides is 1. The summed E-state index contributed by atoms with van der Waals surface area (Å²) in [5, 5.41) is 3.25. The minimum atomic E-state index is -0.339. The molecule has 0 spiro atoms. The lowest BCUT2D eigenvalue weighted by atomic mass is 10.2. The molecule has 0 aromatic heterocycles. The maximum Gasteiger partial charge on any atom is 0.238 e. The van der Waals surface area contributed by atoms with Gasteiger partial charge in [0.15, 0.2) is 0 Å². The quantitative estimate of drug-likeness (QED) is 0.806. The zero-order chi connectivity index (χ0) is 17.8. The summed E-state index contributed by atoms with van der Waals surface area (Å²) in [6.45, 7) is 0.521. The summed E-state index contributed by atoms with van der Waals surface area (Å²) < 4.78 is 19.1. The summed E-state index contributed by atoms with van der Waals surface area (Å²) in [5.41, 5.74) is 1.14. The van der Waals surface area contributed by atoms with E-state index in [4.69, 9.17) is 16.3 Å². The fraction of sp³-hybridized carbons (Fsp3) is 0.316. The largest absolute Gasteiger partial charge is 0.497 e. The average Bonchev–Trinajstić information content (AvgIpc) is 3.43. The second-order valence-corrected chi connectivity index (χ2v) is 6.52. The van der Waals surface area contributed by atoms with E-state index in [1.807, 2.05) is 4.90 Å². The van der Waals surface area contributed by atoms with Gasteiger partial charge in [-0.05, 0) is 49.2 Å². The number of benzene rings is 2. The van der Waals surface area contributed by atoms with Crippen molar-refractivity contribution >= 4 is 23.2 Å². The SMILES string of the molecule is COc1ccc(NC(=O)CN(Cc2c(F)cccc2Cl)C2CC2)cc1. The second kappa shape index (κ2) is 7.85. The zero-order valence-corrected chi connectivity index (χ0v) is 14.7. The molecular weight excluding hydrogens is 343 g/mol. The van der Waals surface area contributed by atoms with Crippen LogP contribution in [0.3, 0.4) is 0 Å². The Morgan fingerprint density at radius 1 is 1.28 bits per heavy atom. The molecule has 0 atom stereocenters. The highest BCUT2D eigenvalue weighted by Gasteiger charge is 2.31. The first-order chi connectivity index (χ1) is 12.1. The fourth-order valence-electron chi connectivity index (χ4n) is 2.70. The Balaban J connectivity index is 1.64.